The van der Waals surface area contributed by atoms with E-state index in [9.17, 15) is 9.90 Å². The number of hydrogen-bond acceptors (Lipinski definition) is 2. The second-order valence-electron chi connectivity index (χ2n) is 5.64. The van der Waals surface area contributed by atoms with Crippen molar-refractivity contribution in [1.82, 2.24) is 5.32 Å². The van der Waals surface area contributed by atoms with Gasteiger partial charge in [-0.15, -0.1) is 0 Å². The Kier molecular flexibility index (Phi) is 4.78. The zero-order valence-electron chi connectivity index (χ0n) is 10.8. The fourth-order valence-electron chi connectivity index (χ4n) is 2.03. The standard InChI is InChI=1S/C13H25NO2/c1-10(2)13(3,16)9-14-12(15)8-11-6-4-5-7-11/h10-11,16H,4-9H2,1-3H3,(H,14,15). The highest BCUT2D eigenvalue weighted by Gasteiger charge is 2.26. The number of amides is 1. The molecule has 1 saturated carbocycles. The maximum absolute atomic E-state index is 11.6. The van der Waals surface area contributed by atoms with Crippen LogP contribution in [0.3, 0.4) is 0 Å². The highest BCUT2D eigenvalue weighted by molar-refractivity contribution is 5.76. The molecule has 1 rings (SSSR count). The van der Waals surface area contributed by atoms with Crippen molar-refractivity contribution in [2.45, 2.75) is 58.5 Å². The second kappa shape index (κ2) is 5.67. The first kappa shape index (κ1) is 13.5. The van der Waals surface area contributed by atoms with E-state index in [-0.39, 0.29) is 11.8 Å². The molecule has 0 saturated heterocycles. The fourth-order valence-corrected chi connectivity index (χ4v) is 2.03. The zero-order chi connectivity index (χ0) is 12.2. The van der Waals surface area contributed by atoms with Gasteiger partial charge < -0.3 is 10.4 Å². The fraction of sp³-hybridized carbons (Fsp3) is 0.923. The van der Waals surface area contributed by atoms with Gasteiger partial charge in [-0.05, 0) is 31.6 Å². The van der Waals surface area contributed by atoms with Crippen molar-refractivity contribution in [2.75, 3.05) is 6.54 Å². The van der Waals surface area contributed by atoms with Crippen molar-refractivity contribution < 1.29 is 9.90 Å². The summed E-state index contributed by atoms with van der Waals surface area (Å²) < 4.78 is 0. The Bertz CT molecular complexity index is 230. The van der Waals surface area contributed by atoms with E-state index in [1.165, 1.54) is 25.7 Å². The van der Waals surface area contributed by atoms with Crippen LogP contribution in [0.4, 0.5) is 0 Å². The van der Waals surface area contributed by atoms with Gasteiger partial charge in [0.15, 0.2) is 0 Å². The van der Waals surface area contributed by atoms with Gasteiger partial charge in [-0.2, -0.15) is 0 Å². The molecule has 3 heteroatoms. The summed E-state index contributed by atoms with van der Waals surface area (Å²) in [6, 6.07) is 0. The average molecular weight is 227 g/mol. The maximum Gasteiger partial charge on any atom is 0.220 e. The monoisotopic (exact) mass is 227 g/mol. The van der Waals surface area contributed by atoms with Crippen LogP contribution in [0, 0.1) is 11.8 Å². The lowest BCUT2D eigenvalue weighted by Crippen LogP contribution is -2.44. The minimum Gasteiger partial charge on any atom is -0.388 e. The van der Waals surface area contributed by atoms with Crippen LogP contribution in [-0.2, 0) is 4.79 Å². The van der Waals surface area contributed by atoms with Gasteiger partial charge in [0.2, 0.25) is 5.91 Å². The summed E-state index contributed by atoms with van der Waals surface area (Å²) >= 11 is 0. The van der Waals surface area contributed by atoms with E-state index in [4.69, 9.17) is 0 Å². The summed E-state index contributed by atoms with van der Waals surface area (Å²) in [5.41, 5.74) is -0.800. The van der Waals surface area contributed by atoms with Crippen LogP contribution in [0.25, 0.3) is 0 Å². The minimum atomic E-state index is -0.800. The van der Waals surface area contributed by atoms with Gasteiger partial charge in [-0.3, -0.25) is 4.79 Å². The molecule has 0 bridgehead atoms. The van der Waals surface area contributed by atoms with Crippen molar-refractivity contribution in [3.05, 3.63) is 0 Å². The highest BCUT2D eigenvalue weighted by Crippen LogP contribution is 2.27. The predicted octanol–water partition coefficient (Wildman–Crippen LogP) is 2.09. The van der Waals surface area contributed by atoms with Crippen LogP contribution in [0.5, 0.6) is 0 Å². The Morgan fingerprint density at radius 1 is 1.44 bits per heavy atom. The Morgan fingerprint density at radius 2 is 2.00 bits per heavy atom. The van der Waals surface area contributed by atoms with Crippen molar-refractivity contribution in [1.29, 1.82) is 0 Å². The minimum absolute atomic E-state index is 0.0906. The lowest BCUT2D eigenvalue weighted by molar-refractivity contribution is -0.123. The Morgan fingerprint density at radius 3 is 2.50 bits per heavy atom. The topological polar surface area (TPSA) is 49.3 Å². The van der Waals surface area contributed by atoms with Crippen LogP contribution >= 0.6 is 0 Å². The van der Waals surface area contributed by atoms with E-state index in [0.29, 0.717) is 18.9 Å². The molecule has 1 aliphatic rings. The SMILES string of the molecule is CC(C)C(C)(O)CNC(=O)CC1CCCC1. The van der Waals surface area contributed by atoms with E-state index in [0.717, 1.165) is 0 Å². The molecule has 0 aromatic carbocycles. The summed E-state index contributed by atoms with van der Waals surface area (Å²) in [5.74, 6) is 0.816. The summed E-state index contributed by atoms with van der Waals surface area (Å²) in [4.78, 5) is 11.6. The van der Waals surface area contributed by atoms with Crippen molar-refractivity contribution in [3.63, 3.8) is 0 Å². The van der Waals surface area contributed by atoms with Crippen LogP contribution in [0.15, 0.2) is 0 Å². The largest absolute Gasteiger partial charge is 0.388 e. The lowest BCUT2D eigenvalue weighted by atomic mass is 9.92. The Balaban J connectivity index is 2.24. The van der Waals surface area contributed by atoms with Crippen molar-refractivity contribution in [2.24, 2.45) is 11.8 Å². The molecule has 1 unspecified atom stereocenters. The summed E-state index contributed by atoms with van der Waals surface area (Å²) in [6.07, 6.45) is 5.54. The molecule has 0 aliphatic heterocycles. The first-order valence-corrected chi connectivity index (χ1v) is 6.41. The van der Waals surface area contributed by atoms with Crippen LogP contribution in [-0.4, -0.2) is 23.2 Å². The van der Waals surface area contributed by atoms with E-state index < -0.39 is 5.60 Å². The van der Waals surface area contributed by atoms with Gasteiger partial charge in [-0.1, -0.05) is 26.7 Å². The molecule has 1 aliphatic carbocycles. The van der Waals surface area contributed by atoms with E-state index in [1.807, 2.05) is 13.8 Å². The zero-order valence-corrected chi connectivity index (χ0v) is 10.8. The summed E-state index contributed by atoms with van der Waals surface area (Å²) in [6.45, 7) is 6.05. The number of hydrogen-bond donors (Lipinski definition) is 2. The molecule has 94 valence electrons. The van der Waals surface area contributed by atoms with Gasteiger partial charge in [0.25, 0.3) is 0 Å². The van der Waals surface area contributed by atoms with Crippen molar-refractivity contribution in [3.8, 4) is 0 Å². The van der Waals surface area contributed by atoms with E-state index in [2.05, 4.69) is 5.32 Å². The number of carbonyl (C=O) groups excluding carboxylic acids is 1. The normalized spacial score (nSPS) is 21.1. The van der Waals surface area contributed by atoms with Crippen LogP contribution in [0.1, 0.15) is 52.9 Å². The average Bonchev–Trinajstić information content (AvgIpc) is 2.67. The molecule has 3 nitrogen and oxygen atoms in total. The van der Waals surface area contributed by atoms with Gasteiger partial charge in [0.05, 0.1) is 5.60 Å². The third-order valence-corrected chi connectivity index (χ3v) is 3.84. The Hall–Kier alpha value is -0.570. The van der Waals surface area contributed by atoms with Gasteiger partial charge in [0.1, 0.15) is 0 Å². The molecule has 1 atom stereocenters. The quantitative estimate of drug-likeness (QED) is 0.755. The molecule has 0 aromatic heterocycles. The lowest BCUT2D eigenvalue weighted by Gasteiger charge is -2.28. The molecule has 2 N–H and O–H groups in total. The van der Waals surface area contributed by atoms with Crippen LogP contribution in [0.2, 0.25) is 0 Å². The third-order valence-electron chi connectivity index (χ3n) is 3.84. The molecule has 0 spiro atoms. The first-order chi connectivity index (χ1) is 7.42. The predicted molar refractivity (Wildman–Crippen MR) is 65.0 cm³/mol. The van der Waals surface area contributed by atoms with Gasteiger partial charge in [0, 0.05) is 13.0 Å². The number of rotatable bonds is 5. The molecule has 0 radical (unpaired) electrons. The third kappa shape index (κ3) is 4.12. The molecule has 0 aromatic rings. The number of aliphatic hydroxyl groups is 1. The molecular weight excluding hydrogens is 202 g/mol. The smallest absolute Gasteiger partial charge is 0.220 e. The first-order valence-electron chi connectivity index (χ1n) is 6.41. The maximum atomic E-state index is 11.6. The van der Waals surface area contributed by atoms with E-state index in [1.54, 1.807) is 6.92 Å². The molecule has 1 fully saturated rings. The molecule has 0 heterocycles. The number of carbonyl (C=O) groups is 1. The molecule has 16 heavy (non-hydrogen) atoms. The van der Waals surface area contributed by atoms with Gasteiger partial charge >= 0.3 is 0 Å². The summed E-state index contributed by atoms with van der Waals surface area (Å²) in [7, 11) is 0. The van der Waals surface area contributed by atoms with Crippen molar-refractivity contribution >= 4 is 5.91 Å². The highest BCUT2D eigenvalue weighted by atomic mass is 16.3. The summed E-state index contributed by atoms with van der Waals surface area (Å²) in [5, 5.41) is 12.8. The molecule has 1 amide bonds. The second-order valence-corrected chi connectivity index (χ2v) is 5.64. The number of nitrogens with one attached hydrogen (secondary N) is 1. The Labute approximate surface area is 98.6 Å². The molecular formula is C13H25NO2. The van der Waals surface area contributed by atoms with Gasteiger partial charge in [-0.25, -0.2) is 0 Å². The van der Waals surface area contributed by atoms with Crippen LogP contribution < -0.4 is 5.32 Å². The van der Waals surface area contributed by atoms with E-state index >= 15 is 0 Å².